The van der Waals surface area contributed by atoms with Crippen LogP contribution in [0, 0.1) is 5.82 Å². The average molecular weight is 225 g/mol. The summed E-state index contributed by atoms with van der Waals surface area (Å²) in [5.41, 5.74) is 0.155. The number of rotatable bonds is 2. The Balaban J connectivity index is 2.51. The minimum Gasteiger partial charge on any atom is -0.472 e. The number of carbonyl (C=O) groups excluding carboxylic acids is 1. The first kappa shape index (κ1) is 9.93. The quantitative estimate of drug-likeness (QED) is 0.733. The maximum Gasteiger partial charge on any atom is 0.200 e. The van der Waals surface area contributed by atoms with Crippen LogP contribution < -0.4 is 0 Å². The standard InChI is InChI=1S/C11H6ClFO2/c12-8-2-1-3-9(13)10(8)11(14)7-4-5-15-6-7/h1-6H. The molecule has 1 heterocycles. The Kier molecular flexibility index (Phi) is 2.56. The van der Waals surface area contributed by atoms with Gasteiger partial charge in [0, 0.05) is 0 Å². The maximum absolute atomic E-state index is 13.4. The summed E-state index contributed by atoms with van der Waals surface area (Å²) < 4.78 is 18.1. The molecule has 0 aliphatic carbocycles. The lowest BCUT2D eigenvalue weighted by atomic mass is 10.1. The molecule has 2 rings (SSSR count). The predicted octanol–water partition coefficient (Wildman–Crippen LogP) is 3.30. The van der Waals surface area contributed by atoms with E-state index in [2.05, 4.69) is 0 Å². The van der Waals surface area contributed by atoms with E-state index in [-0.39, 0.29) is 16.1 Å². The Morgan fingerprint density at radius 2 is 2.13 bits per heavy atom. The van der Waals surface area contributed by atoms with Crippen molar-refractivity contribution in [3.05, 3.63) is 58.8 Å². The Morgan fingerprint density at radius 1 is 1.33 bits per heavy atom. The highest BCUT2D eigenvalue weighted by molar-refractivity contribution is 6.35. The highest BCUT2D eigenvalue weighted by Gasteiger charge is 2.17. The van der Waals surface area contributed by atoms with E-state index in [0.717, 1.165) is 0 Å². The van der Waals surface area contributed by atoms with Gasteiger partial charge in [-0.25, -0.2) is 4.39 Å². The van der Waals surface area contributed by atoms with Crippen LogP contribution >= 0.6 is 11.6 Å². The van der Waals surface area contributed by atoms with Gasteiger partial charge in [-0.3, -0.25) is 4.79 Å². The topological polar surface area (TPSA) is 30.2 Å². The summed E-state index contributed by atoms with van der Waals surface area (Å²) in [4.78, 5) is 11.8. The molecule has 76 valence electrons. The number of ketones is 1. The van der Waals surface area contributed by atoms with Crippen LogP contribution in [-0.4, -0.2) is 5.78 Å². The molecule has 0 fully saturated rings. The summed E-state index contributed by atoms with van der Waals surface area (Å²) >= 11 is 5.75. The zero-order chi connectivity index (χ0) is 10.8. The molecule has 0 radical (unpaired) electrons. The molecule has 15 heavy (non-hydrogen) atoms. The second-order valence-electron chi connectivity index (χ2n) is 2.94. The monoisotopic (exact) mass is 224 g/mol. The van der Waals surface area contributed by atoms with Crippen LogP contribution in [0.5, 0.6) is 0 Å². The van der Waals surface area contributed by atoms with E-state index in [4.69, 9.17) is 16.0 Å². The van der Waals surface area contributed by atoms with Gasteiger partial charge in [0.25, 0.3) is 0 Å². The SMILES string of the molecule is O=C(c1ccoc1)c1c(F)cccc1Cl. The summed E-state index contributed by atoms with van der Waals surface area (Å²) in [5, 5.41) is 0.0983. The van der Waals surface area contributed by atoms with Gasteiger partial charge in [-0.05, 0) is 18.2 Å². The Morgan fingerprint density at radius 3 is 2.73 bits per heavy atom. The van der Waals surface area contributed by atoms with Crippen LogP contribution in [-0.2, 0) is 0 Å². The van der Waals surface area contributed by atoms with E-state index in [0.29, 0.717) is 0 Å². The third-order valence-electron chi connectivity index (χ3n) is 1.97. The molecule has 0 spiro atoms. The molecular formula is C11H6ClFO2. The molecule has 0 N–H and O–H groups in total. The highest BCUT2D eigenvalue weighted by Crippen LogP contribution is 2.22. The lowest BCUT2D eigenvalue weighted by molar-refractivity contribution is 0.103. The fourth-order valence-corrected chi connectivity index (χ4v) is 1.50. The molecule has 0 amide bonds. The Labute approximate surface area is 90.3 Å². The van der Waals surface area contributed by atoms with Crippen LogP contribution in [0.2, 0.25) is 5.02 Å². The number of benzene rings is 1. The van der Waals surface area contributed by atoms with Crippen molar-refractivity contribution >= 4 is 17.4 Å². The molecule has 0 saturated carbocycles. The smallest absolute Gasteiger partial charge is 0.200 e. The lowest BCUT2D eigenvalue weighted by Crippen LogP contribution is -2.03. The molecule has 0 atom stereocenters. The first-order chi connectivity index (χ1) is 7.20. The van der Waals surface area contributed by atoms with Crippen molar-refractivity contribution in [3.8, 4) is 0 Å². The van der Waals surface area contributed by atoms with Crippen LogP contribution in [0.25, 0.3) is 0 Å². The summed E-state index contributed by atoms with van der Waals surface area (Å²) in [6, 6.07) is 5.58. The fourth-order valence-electron chi connectivity index (χ4n) is 1.25. The van der Waals surface area contributed by atoms with Gasteiger partial charge in [-0.2, -0.15) is 0 Å². The van der Waals surface area contributed by atoms with E-state index in [1.165, 1.54) is 36.8 Å². The van der Waals surface area contributed by atoms with Gasteiger partial charge in [-0.15, -0.1) is 0 Å². The van der Waals surface area contributed by atoms with Crippen LogP contribution in [0.15, 0.2) is 41.2 Å². The third kappa shape index (κ3) is 1.78. The van der Waals surface area contributed by atoms with Crippen LogP contribution in [0.3, 0.4) is 0 Å². The number of hydrogen-bond donors (Lipinski definition) is 0. The zero-order valence-corrected chi connectivity index (χ0v) is 8.29. The molecule has 0 aliphatic rings. The first-order valence-electron chi connectivity index (χ1n) is 4.21. The lowest BCUT2D eigenvalue weighted by Gasteiger charge is -2.02. The van der Waals surface area contributed by atoms with Gasteiger partial charge in [0.05, 0.1) is 22.4 Å². The molecule has 0 saturated heterocycles. The van der Waals surface area contributed by atoms with E-state index in [1.807, 2.05) is 0 Å². The van der Waals surface area contributed by atoms with Gasteiger partial charge in [-0.1, -0.05) is 17.7 Å². The highest BCUT2D eigenvalue weighted by atomic mass is 35.5. The van der Waals surface area contributed by atoms with E-state index in [1.54, 1.807) is 0 Å². The van der Waals surface area contributed by atoms with Crippen molar-refractivity contribution in [1.29, 1.82) is 0 Å². The van der Waals surface area contributed by atoms with E-state index < -0.39 is 11.6 Å². The minimum atomic E-state index is -0.631. The fraction of sp³-hybridized carbons (Fsp3) is 0. The second-order valence-corrected chi connectivity index (χ2v) is 3.35. The third-order valence-corrected chi connectivity index (χ3v) is 2.29. The second kappa shape index (κ2) is 3.87. The number of hydrogen-bond acceptors (Lipinski definition) is 2. The average Bonchev–Trinajstić information content (AvgIpc) is 2.69. The van der Waals surface area contributed by atoms with Gasteiger partial charge in [0.15, 0.2) is 0 Å². The van der Waals surface area contributed by atoms with Gasteiger partial charge < -0.3 is 4.42 Å². The molecule has 0 aliphatic heterocycles. The Bertz CT molecular complexity index is 471. The number of halogens is 2. The zero-order valence-electron chi connectivity index (χ0n) is 7.54. The van der Waals surface area contributed by atoms with Crippen molar-refractivity contribution in [3.63, 3.8) is 0 Å². The normalized spacial score (nSPS) is 10.3. The van der Waals surface area contributed by atoms with E-state index >= 15 is 0 Å². The minimum absolute atomic E-state index is 0.0983. The molecule has 2 aromatic rings. The summed E-state index contributed by atoms with van der Waals surface area (Å²) in [6.07, 6.45) is 2.60. The molecule has 1 aromatic heterocycles. The van der Waals surface area contributed by atoms with Crippen molar-refractivity contribution in [1.82, 2.24) is 0 Å². The summed E-state index contributed by atoms with van der Waals surface area (Å²) in [7, 11) is 0. The number of furan rings is 1. The molecule has 4 heteroatoms. The molecular weight excluding hydrogens is 219 g/mol. The van der Waals surface area contributed by atoms with Crippen LogP contribution in [0.1, 0.15) is 15.9 Å². The summed E-state index contributed by atoms with van der Waals surface area (Å²) in [5.74, 6) is -1.11. The molecule has 0 unspecified atom stereocenters. The van der Waals surface area contributed by atoms with Gasteiger partial charge in [0.2, 0.25) is 5.78 Å². The Hall–Kier alpha value is -1.61. The van der Waals surface area contributed by atoms with Crippen molar-refractivity contribution in [2.24, 2.45) is 0 Å². The molecule has 1 aromatic carbocycles. The van der Waals surface area contributed by atoms with Gasteiger partial charge in [0.1, 0.15) is 12.1 Å². The predicted molar refractivity (Wildman–Crippen MR) is 53.6 cm³/mol. The first-order valence-corrected chi connectivity index (χ1v) is 4.59. The largest absolute Gasteiger partial charge is 0.472 e. The number of carbonyl (C=O) groups is 1. The van der Waals surface area contributed by atoms with Crippen LogP contribution in [0.4, 0.5) is 4.39 Å². The van der Waals surface area contributed by atoms with Gasteiger partial charge >= 0.3 is 0 Å². The van der Waals surface area contributed by atoms with Crippen molar-refractivity contribution in [2.75, 3.05) is 0 Å². The summed E-state index contributed by atoms with van der Waals surface area (Å²) in [6.45, 7) is 0. The van der Waals surface area contributed by atoms with E-state index in [9.17, 15) is 9.18 Å². The maximum atomic E-state index is 13.4. The van der Waals surface area contributed by atoms with Crippen molar-refractivity contribution < 1.29 is 13.6 Å². The molecule has 0 bridgehead atoms. The van der Waals surface area contributed by atoms with Crippen molar-refractivity contribution in [2.45, 2.75) is 0 Å². The molecule has 2 nitrogen and oxygen atoms in total.